The molecule has 2 aromatic rings. The molecule has 1 aliphatic heterocycles. The Balaban J connectivity index is 2.08. The van der Waals surface area contributed by atoms with E-state index in [2.05, 4.69) is 28.9 Å². The van der Waals surface area contributed by atoms with Crippen LogP contribution >= 0.6 is 0 Å². The summed E-state index contributed by atoms with van der Waals surface area (Å²) in [5.74, 6) is 1.44. The van der Waals surface area contributed by atoms with E-state index in [9.17, 15) is 0 Å². The van der Waals surface area contributed by atoms with Gasteiger partial charge in [-0.2, -0.15) is 0 Å². The van der Waals surface area contributed by atoms with Gasteiger partial charge >= 0.3 is 0 Å². The van der Waals surface area contributed by atoms with Crippen LogP contribution < -0.4 is 15.4 Å². The lowest BCUT2D eigenvalue weighted by atomic mass is 9.95. The van der Waals surface area contributed by atoms with E-state index in [1.54, 1.807) is 13.3 Å². The van der Waals surface area contributed by atoms with Crippen molar-refractivity contribution in [2.24, 2.45) is 11.7 Å². The second-order valence-electron chi connectivity index (χ2n) is 5.69. The van der Waals surface area contributed by atoms with Gasteiger partial charge in [-0.25, -0.2) is 0 Å². The van der Waals surface area contributed by atoms with Crippen molar-refractivity contribution in [2.75, 3.05) is 25.1 Å². The van der Waals surface area contributed by atoms with Crippen LogP contribution in [0, 0.1) is 5.92 Å². The molecular weight excluding hydrogens is 250 g/mol. The molecule has 0 spiro atoms. The third-order valence-electron chi connectivity index (χ3n) is 3.96. The molecule has 2 unspecified atom stereocenters. The number of piperidine rings is 1. The van der Waals surface area contributed by atoms with E-state index in [1.165, 1.54) is 5.69 Å². The van der Waals surface area contributed by atoms with E-state index in [0.29, 0.717) is 5.92 Å². The first-order valence-electron chi connectivity index (χ1n) is 7.11. The number of nitrogens with zero attached hydrogens (tertiary/aromatic N) is 2. The van der Waals surface area contributed by atoms with Crippen molar-refractivity contribution in [1.82, 2.24) is 4.98 Å². The molecule has 2 atom stereocenters. The summed E-state index contributed by atoms with van der Waals surface area (Å²) in [4.78, 5) is 6.84. The summed E-state index contributed by atoms with van der Waals surface area (Å²) in [6, 6.07) is 8.43. The zero-order valence-corrected chi connectivity index (χ0v) is 12.0. The Labute approximate surface area is 119 Å². The van der Waals surface area contributed by atoms with E-state index in [0.717, 1.165) is 36.2 Å². The second kappa shape index (κ2) is 5.29. The van der Waals surface area contributed by atoms with Gasteiger partial charge in [0.15, 0.2) is 0 Å². The summed E-state index contributed by atoms with van der Waals surface area (Å²) < 4.78 is 5.41. The molecular formula is C16H21N3O. The van der Waals surface area contributed by atoms with Gasteiger partial charge in [0, 0.05) is 36.4 Å². The fraction of sp³-hybridized carbons (Fsp3) is 0.438. The Kier molecular flexibility index (Phi) is 3.49. The lowest BCUT2D eigenvalue weighted by Crippen LogP contribution is -2.46. The first-order chi connectivity index (χ1) is 9.69. The summed E-state index contributed by atoms with van der Waals surface area (Å²) in [7, 11) is 1.68. The number of rotatable bonds is 2. The SMILES string of the molecule is COc1ccc(N2CC(C)CC(N)C2)c2cccnc12. The first kappa shape index (κ1) is 13.2. The van der Waals surface area contributed by atoms with Crippen LogP contribution in [0.15, 0.2) is 30.5 Å². The molecule has 1 aromatic heterocycles. The van der Waals surface area contributed by atoms with E-state index in [4.69, 9.17) is 10.5 Å². The van der Waals surface area contributed by atoms with Gasteiger partial charge < -0.3 is 15.4 Å². The van der Waals surface area contributed by atoms with Gasteiger partial charge in [-0.05, 0) is 36.6 Å². The third-order valence-corrected chi connectivity index (χ3v) is 3.96. The number of ether oxygens (including phenoxy) is 1. The van der Waals surface area contributed by atoms with Crippen molar-refractivity contribution in [3.8, 4) is 5.75 Å². The summed E-state index contributed by atoms with van der Waals surface area (Å²) >= 11 is 0. The van der Waals surface area contributed by atoms with Crippen LogP contribution in [0.4, 0.5) is 5.69 Å². The fourth-order valence-corrected chi connectivity index (χ4v) is 3.17. The zero-order chi connectivity index (χ0) is 14.1. The normalized spacial score (nSPS) is 23.1. The van der Waals surface area contributed by atoms with Crippen molar-refractivity contribution in [2.45, 2.75) is 19.4 Å². The average Bonchev–Trinajstić information content (AvgIpc) is 2.45. The number of aromatic nitrogens is 1. The van der Waals surface area contributed by atoms with Crippen molar-refractivity contribution >= 4 is 16.6 Å². The van der Waals surface area contributed by atoms with Crippen LogP contribution in [-0.2, 0) is 0 Å². The molecule has 1 saturated heterocycles. The van der Waals surface area contributed by atoms with Crippen LogP contribution in [0.5, 0.6) is 5.75 Å². The number of fused-ring (bicyclic) bond motifs is 1. The Morgan fingerprint density at radius 2 is 2.15 bits per heavy atom. The highest BCUT2D eigenvalue weighted by Crippen LogP contribution is 2.33. The lowest BCUT2D eigenvalue weighted by molar-refractivity contribution is 0.402. The van der Waals surface area contributed by atoms with Crippen LogP contribution in [0.25, 0.3) is 10.9 Å². The molecule has 106 valence electrons. The fourth-order valence-electron chi connectivity index (χ4n) is 3.17. The largest absolute Gasteiger partial charge is 0.494 e. The predicted octanol–water partition coefficient (Wildman–Crippen LogP) is 2.42. The van der Waals surface area contributed by atoms with Gasteiger partial charge in [-0.1, -0.05) is 6.92 Å². The molecule has 20 heavy (non-hydrogen) atoms. The highest BCUT2D eigenvalue weighted by molar-refractivity contribution is 5.95. The maximum atomic E-state index is 6.17. The van der Waals surface area contributed by atoms with E-state index < -0.39 is 0 Å². The molecule has 1 fully saturated rings. The Morgan fingerprint density at radius 1 is 1.30 bits per heavy atom. The van der Waals surface area contributed by atoms with Crippen molar-refractivity contribution in [3.63, 3.8) is 0 Å². The van der Waals surface area contributed by atoms with Gasteiger partial charge in [-0.3, -0.25) is 4.98 Å². The molecule has 2 N–H and O–H groups in total. The highest BCUT2D eigenvalue weighted by atomic mass is 16.5. The summed E-state index contributed by atoms with van der Waals surface area (Å²) in [6.45, 7) is 4.21. The number of pyridine rings is 1. The minimum atomic E-state index is 0.243. The molecule has 0 amide bonds. The molecule has 0 aliphatic carbocycles. The Hall–Kier alpha value is -1.81. The molecule has 0 bridgehead atoms. The lowest BCUT2D eigenvalue weighted by Gasteiger charge is -2.37. The molecule has 0 saturated carbocycles. The standard InChI is InChI=1S/C16H21N3O/c1-11-8-12(17)10-19(9-11)14-5-6-15(20-2)16-13(14)4-3-7-18-16/h3-7,11-12H,8-10,17H2,1-2H3. The number of hydrogen-bond acceptors (Lipinski definition) is 4. The Bertz CT molecular complexity index is 604. The Morgan fingerprint density at radius 3 is 2.90 bits per heavy atom. The summed E-state index contributed by atoms with van der Waals surface area (Å²) in [5, 5.41) is 1.13. The minimum Gasteiger partial charge on any atom is -0.494 e. The quantitative estimate of drug-likeness (QED) is 0.911. The number of nitrogens with two attached hydrogens (primary N) is 1. The molecule has 2 heterocycles. The maximum absolute atomic E-state index is 6.17. The molecule has 4 heteroatoms. The van der Waals surface area contributed by atoms with Crippen molar-refractivity contribution < 1.29 is 4.74 Å². The van der Waals surface area contributed by atoms with Crippen LogP contribution in [0.2, 0.25) is 0 Å². The topological polar surface area (TPSA) is 51.4 Å². The number of methoxy groups -OCH3 is 1. The molecule has 1 aromatic carbocycles. The first-order valence-corrected chi connectivity index (χ1v) is 7.11. The van der Waals surface area contributed by atoms with Gasteiger partial charge in [0.2, 0.25) is 0 Å². The zero-order valence-electron chi connectivity index (χ0n) is 12.0. The second-order valence-corrected chi connectivity index (χ2v) is 5.69. The number of hydrogen-bond donors (Lipinski definition) is 1. The summed E-state index contributed by atoms with van der Waals surface area (Å²) in [6.07, 6.45) is 2.90. The molecule has 1 aliphatic rings. The summed E-state index contributed by atoms with van der Waals surface area (Å²) in [5.41, 5.74) is 8.29. The monoisotopic (exact) mass is 271 g/mol. The van der Waals surface area contributed by atoms with Crippen molar-refractivity contribution in [1.29, 1.82) is 0 Å². The van der Waals surface area contributed by atoms with E-state index in [1.807, 2.05) is 12.1 Å². The molecule has 4 nitrogen and oxygen atoms in total. The third kappa shape index (κ3) is 2.31. The highest BCUT2D eigenvalue weighted by Gasteiger charge is 2.24. The van der Waals surface area contributed by atoms with Crippen LogP contribution in [-0.4, -0.2) is 31.2 Å². The number of benzene rings is 1. The van der Waals surface area contributed by atoms with E-state index >= 15 is 0 Å². The van der Waals surface area contributed by atoms with Gasteiger partial charge in [0.05, 0.1) is 7.11 Å². The predicted molar refractivity (Wildman–Crippen MR) is 82.3 cm³/mol. The number of anilines is 1. The maximum Gasteiger partial charge on any atom is 0.145 e. The van der Waals surface area contributed by atoms with Crippen LogP contribution in [0.1, 0.15) is 13.3 Å². The molecule has 0 radical (unpaired) electrons. The van der Waals surface area contributed by atoms with Crippen LogP contribution in [0.3, 0.4) is 0 Å². The van der Waals surface area contributed by atoms with Gasteiger partial charge in [-0.15, -0.1) is 0 Å². The average molecular weight is 271 g/mol. The minimum absolute atomic E-state index is 0.243. The van der Waals surface area contributed by atoms with Crippen molar-refractivity contribution in [3.05, 3.63) is 30.5 Å². The smallest absolute Gasteiger partial charge is 0.145 e. The van der Waals surface area contributed by atoms with E-state index in [-0.39, 0.29) is 6.04 Å². The molecule has 3 rings (SSSR count). The van der Waals surface area contributed by atoms with Gasteiger partial charge in [0.1, 0.15) is 11.3 Å². The van der Waals surface area contributed by atoms with Gasteiger partial charge in [0.25, 0.3) is 0 Å².